The van der Waals surface area contributed by atoms with Gasteiger partial charge in [0.05, 0.1) is 22.8 Å². The number of nitrogens with one attached hydrogen (secondary N) is 1. The predicted molar refractivity (Wildman–Crippen MR) is 80.1 cm³/mol. The molecule has 1 aromatic carbocycles. The van der Waals surface area contributed by atoms with Gasteiger partial charge in [-0.2, -0.15) is 13.2 Å². The third-order valence-corrected chi connectivity index (χ3v) is 4.23. The van der Waals surface area contributed by atoms with E-state index in [-0.39, 0.29) is 23.2 Å². The van der Waals surface area contributed by atoms with Crippen LogP contribution in [-0.4, -0.2) is 18.4 Å². The molecule has 3 N–H and O–H groups in total. The molecule has 0 radical (unpaired) electrons. The molecule has 0 saturated heterocycles. The second kappa shape index (κ2) is 6.87. The highest BCUT2D eigenvalue weighted by atomic mass is 35.5. The van der Waals surface area contributed by atoms with Gasteiger partial charge in [0.1, 0.15) is 0 Å². The molecule has 0 aliphatic heterocycles. The Labute approximate surface area is 132 Å². The van der Waals surface area contributed by atoms with Crippen LogP contribution in [0.2, 0.25) is 5.02 Å². The van der Waals surface area contributed by atoms with E-state index in [4.69, 9.17) is 17.3 Å². The van der Waals surface area contributed by atoms with Crippen LogP contribution in [0.5, 0.6) is 0 Å². The van der Waals surface area contributed by atoms with Crippen molar-refractivity contribution in [1.29, 1.82) is 0 Å². The summed E-state index contributed by atoms with van der Waals surface area (Å²) in [6, 6.07) is 2.22. The molecule has 0 bridgehead atoms. The van der Waals surface area contributed by atoms with Gasteiger partial charge in [-0.25, -0.2) is 0 Å². The van der Waals surface area contributed by atoms with Crippen LogP contribution in [0.3, 0.4) is 0 Å². The number of anilines is 1. The van der Waals surface area contributed by atoms with Gasteiger partial charge in [0.2, 0.25) is 0 Å². The Morgan fingerprint density at radius 3 is 2.50 bits per heavy atom. The number of nitrogen functional groups attached to an aromatic ring is 1. The Kier molecular flexibility index (Phi) is 5.34. The van der Waals surface area contributed by atoms with Crippen molar-refractivity contribution in [3.63, 3.8) is 0 Å². The van der Waals surface area contributed by atoms with Crippen molar-refractivity contribution in [2.24, 2.45) is 0 Å². The fraction of sp³-hybridized carbons (Fsp3) is 0.533. The number of Topliss-reactive ketones (excluding diaryl/α,β-unsaturated/α-hetero) is 1. The number of carbonyl (C=O) groups is 1. The zero-order chi connectivity index (χ0) is 16.3. The van der Waals surface area contributed by atoms with Crippen LogP contribution in [0.1, 0.15) is 48.0 Å². The summed E-state index contributed by atoms with van der Waals surface area (Å²) in [5.41, 5.74) is 3.66. The van der Waals surface area contributed by atoms with Crippen molar-refractivity contribution in [1.82, 2.24) is 5.32 Å². The molecule has 1 fully saturated rings. The number of hydrogen-bond donors (Lipinski definition) is 2. The lowest BCUT2D eigenvalue weighted by molar-refractivity contribution is -0.136. The lowest BCUT2D eigenvalue weighted by Crippen LogP contribution is -2.35. The third kappa shape index (κ3) is 4.14. The van der Waals surface area contributed by atoms with Gasteiger partial charge in [0.25, 0.3) is 0 Å². The van der Waals surface area contributed by atoms with E-state index in [1.807, 2.05) is 0 Å². The van der Waals surface area contributed by atoms with Crippen LogP contribution in [0.15, 0.2) is 12.1 Å². The highest BCUT2D eigenvalue weighted by molar-refractivity contribution is 6.33. The molecule has 0 amide bonds. The van der Waals surface area contributed by atoms with Gasteiger partial charge in [-0.1, -0.05) is 30.9 Å². The number of alkyl halides is 3. The summed E-state index contributed by atoms with van der Waals surface area (Å²) >= 11 is 5.72. The highest BCUT2D eigenvalue weighted by Gasteiger charge is 2.34. The van der Waals surface area contributed by atoms with E-state index in [0.717, 1.165) is 31.7 Å². The van der Waals surface area contributed by atoms with Crippen molar-refractivity contribution in [3.8, 4) is 0 Å². The topological polar surface area (TPSA) is 55.1 Å². The lowest BCUT2D eigenvalue weighted by Gasteiger charge is -2.22. The number of benzene rings is 1. The molecular weight excluding hydrogens is 317 g/mol. The Hall–Kier alpha value is -1.27. The van der Waals surface area contributed by atoms with Gasteiger partial charge in [-0.05, 0) is 25.0 Å². The standard InChI is InChI=1S/C15H18ClF3N2O/c16-12-7-9(6-11(14(12)20)15(17,18)19)13(22)8-21-10-4-2-1-3-5-10/h6-7,10,21H,1-5,8,20H2. The predicted octanol–water partition coefficient (Wildman–Crippen LogP) is 4.05. The molecule has 7 heteroatoms. The molecule has 0 unspecified atom stereocenters. The van der Waals surface area contributed by atoms with E-state index in [1.54, 1.807) is 0 Å². The Balaban J connectivity index is 2.10. The second-order valence-corrected chi connectivity index (χ2v) is 5.96. The molecule has 1 saturated carbocycles. The van der Waals surface area contributed by atoms with Gasteiger partial charge in [0.15, 0.2) is 5.78 Å². The van der Waals surface area contributed by atoms with Crippen LogP contribution in [-0.2, 0) is 6.18 Å². The summed E-state index contributed by atoms with van der Waals surface area (Å²) in [6.45, 7) is 0.00219. The molecule has 3 nitrogen and oxygen atoms in total. The van der Waals surface area contributed by atoms with Gasteiger partial charge in [-0.3, -0.25) is 4.79 Å². The number of halogens is 4. The summed E-state index contributed by atoms with van der Waals surface area (Å²) < 4.78 is 38.6. The minimum absolute atomic E-state index is 0.00219. The molecule has 0 heterocycles. The smallest absolute Gasteiger partial charge is 0.397 e. The molecule has 0 atom stereocenters. The van der Waals surface area contributed by atoms with Crippen molar-refractivity contribution in [2.75, 3.05) is 12.3 Å². The van der Waals surface area contributed by atoms with Crippen molar-refractivity contribution < 1.29 is 18.0 Å². The maximum Gasteiger partial charge on any atom is 0.418 e. The summed E-state index contributed by atoms with van der Waals surface area (Å²) in [7, 11) is 0. The maximum absolute atomic E-state index is 12.9. The van der Waals surface area contributed by atoms with Crippen LogP contribution in [0.4, 0.5) is 18.9 Å². The largest absolute Gasteiger partial charge is 0.418 e. The molecule has 1 aromatic rings. The van der Waals surface area contributed by atoms with Crippen LogP contribution in [0.25, 0.3) is 0 Å². The summed E-state index contributed by atoms with van der Waals surface area (Å²) in [6.07, 6.45) is 0.748. The Bertz CT molecular complexity index is 554. The number of hydrogen-bond acceptors (Lipinski definition) is 3. The molecule has 122 valence electrons. The summed E-state index contributed by atoms with van der Waals surface area (Å²) in [5, 5.41) is 2.85. The van der Waals surface area contributed by atoms with E-state index >= 15 is 0 Å². The van der Waals surface area contributed by atoms with E-state index in [0.29, 0.717) is 0 Å². The minimum Gasteiger partial charge on any atom is -0.397 e. The first-order valence-corrected chi connectivity index (χ1v) is 7.59. The fourth-order valence-corrected chi connectivity index (χ4v) is 2.88. The van der Waals surface area contributed by atoms with Gasteiger partial charge < -0.3 is 11.1 Å². The highest BCUT2D eigenvalue weighted by Crippen LogP contribution is 2.37. The van der Waals surface area contributed by atoms with Crippen molar-refractivity contribution in [3.05, 3.63) is 28.3 Å². The van der Waals surface area contributed by atoms with Crippen LogP contribution < -0.4 is 11.1 Å². The molecule has 1 aliphatic carbocycles. The van der Waals surface area contributed by atoms with E-state index in [1.165, 1.54) is 12.5 Å². The van der Waals surface area contributed by atoms with Gasteiger partial charge >= 0.3 is 6.18 Å². The zero-order valence-electron chi connectivity index (χ0n) is 12.0. The fourth-order valence-electron chi connectivity index (χ4n) is 2.66. The maximum atomic E-state index is 12.9. The average Bonchev–Trinajstić information content (AvgIpc) is 2.47. The minimum atomic E-state index is -4.64. The van der Waals surface area contributed by atoms with Gasteiger partial charge in [0, 0.05) is 11.6 Å². The normalized spacial score (nSPS) is 16.7. The SMILES string of the molecule is Nc1c(Cl)cc(C(=O)CNC2CCCCC2)cc1C(F)(F)F. The number of carbonyl (C=O) groups excluding carboxylic acids is 1. The van der Waals surface area contributed by atoms with Crippen LogP contribution >= 0.6 is 11.6 Å². The van der Waals surface area contributed by atoms with E-state index < -0.39 is 23.2 Å². The first-order valence-electron chi connectivity index (χ1n) is 7.22. The molecule has 2 rings (SSSR count). The summed E-state index contributed by atoms with van der Waals surface area (Å²) in [5.74, 6) is -0.419. The molecule has 22 heavy (non-hydrogen) atoms. The van der Waals surface area contributed by atoms with E-state index in [2.05, 4.69) is 5.32 Å². The molecule has 1 aliphatic rings. The first-order chi connectivity index (χ1) is 10.3. The van der Waals surface area contributed by atoms with Crippen LogP contribution in [0, 0.1) is 0 Å². The number of nitrogens with two attached hydrogens (primary N) is 1. The lowest BCUT2D eigenvalue weighted by atomic mass is 9.95. The molecule has 0 aromatic heterocycles. The number of rotatable bonds is 4. The number of ketones is 1. The molecular formula is C15H18ClF3N2O. The molecule has 0 spiro atoms. The van der Waals surface area contributed by atoms with Crippen molar-refractivity contribution in [2.45, 2.75) is 44.3 Å². The zero-order valence-corrected chi connectivity index (χ0v) is 12.7. The Morgan fingerprint density at radius 2 is 1.91 bits per heavy atom. The second-order valence-electron chi connectivity index (χ2n) is 5.56. The third-order valence-electron chi connectivity index (χ3n) is 3.91. The quantitative estimate of drug-likeness (QED) is 0.645. The first kappa shape index (κ1) is 17.1. The van der Waals surface area contributed by atoms with Crippen molar-refractivity contribution >= 4 is 23.1 Å². The monoisotopic (exact) mass is 334 g/mol. The Morgan fingerprint density at radius 1 is 1.27 bits per heavy atom. The summed E-state index contributed by atoms with van der Waals surface area (Å²) in [4.78, 5) is 12.1. The van der Waals surface area contributed by atoms with Gasteiger partial charge in [-0.15, -0.1) is 0 Å². The van der Waals surface area contributed by atoms with E-state index in [9.17, 15) is 18.0 Å². The average molecular weight is 335 g/mol.